The summed E-state index contributed by atoms with van der Waals surface area (Å²) >= 11 is 0. The van der Waals surface area contributed by atoms with Gasteiger partial charge in [0.25, 0.3) is 11.4 Å². The Labute approximate surface area is 333 Å². The van der Waals surface area contributed by atoms with Gasteiger partial charge in [-0.25, -0.2) is 0 Å². The fourth-order valence-electron chi connectivity index (χ4n) is 3.35. The van der Waals surface area contributed by atoms with Crippen molar-refractivity contribution in [2.75, 3.05) is 0 Å². The maximum Gasteiger partial charge on any atom is 0.270 e. The van der Waals surface area contributed by atoms with Crippen LogP contribution in [0, 0.1) is 54.8 Å². The second kappa shape index (κ2) is 50.4. The molecule has 1 N–H and O–H groups in total. The van der Waals surface area contributed by atoms with Crippen molar-refractivity contribution in [2.24, 2.45) is 0 Å². The highest BCUT2D eigenvalue weighted by Crippen LogP contribution is 2.32. The molecule has 0 aliphatic rings. The highest BCUT2D eigenvalue weighted by molar-refractivity contribution is 5.50. The zero-order chi connectivity index (χ0) is 43.5. The number of non-ortho nitro benzene ring substituents is 2. The van der Waals surface area contributed by atoms with Crippen molar-refractivity contribution in [3.63, 3.8) is 0 Å². The number of nitrogens with zero attached hydrogens (tertiary/aromatic N) is 2. The van der Waals surface area contributed by atoms with Gasteiger partial charge in [0.1, 0.15) is 17.2 Å². The summed E-state index contributed by atoms with van der Waals surface area (Å²) in [6.45, 7) is 41.3. The van der Waals surface area contributed by atoms with E-state index in [1.807, 2.05) is 168 Å². The molecule has 0 spiro atoms. The predicted octanol–water partition coefficient (Wildman–Crippen LogP) is 16.8. The van der Waals surface area contributed by atoms with Crippen LogP contribution < -0.4 is 4.74 Å². The maximum atomic E-state index is 10.7. The minimum absolute atomic E-state index is 0. The molecule has 0 saturated heterocycles. The fourth-order valence-corrected chi connectivity index (χ4v) is 3.35. The number of aromatic hydroxyl groups is 1. The van der Waals surface area contributed by atoms with Crippen LogP contribution in [-0.4, -0.2) is 15.0 Å². The van der Waals surface area contributed by atoms with Crippen LogP contribution in [0.1, 0.15) is 146 Å². The zero-order valence-corrected chi connectivity index (χ0v) is 37.5. The van der Waals surface area contributed by atoms with Gasteiger partial charge in [-0.05, 0) is 86.7 Å². The molecule has 0 aliphatic carbocycles. The third-order valence-corrected chi connectivity index (χ3v) is 5.50. The van der Waals surface area contributed by atoms with E-state index in [-0.39, 0.29) is 23.7 Å². The van der Waals surface area contributed by atoms with E-state index in [0.29, 0.717) is 11.5 Å². The predicted molar refractivity (Wildman–Crippen MR) is 242 cm³/mol. The average Bonchev–Trinajstić information content (AvgIpc) is 3.22. The van der Waals surface area contributed by atoms with Crippen molar-refractivity contribution in [1.82, 2.24) is 0 Å². The fraction of sp³-hybridized carbons (Fsp3) is 0.478. The molecular formula is C46H82N2O6. The van der Waals surface area contributed by atoms with Crippen LogP contribution in [-0.2, 0) is 0 Å². The minimum Gasteiger partial charge on any atom is -0.508 e. The number of ether oxygens (including phenoxy) is 1. The van der Waals surface area contributed by atoms with Gasteiger partial charge < -0.3 is 9.84 Å². The molecule has 0 aromatic heterocycles. The molecule has 4 rings (SSSR count). The molecular weight excluding hydrogens is 677 g/mol. The lowest BCUT2D eigenvalue weighted by Crippen LogP contribution is -1.95. The Morgan fingerprint density at radius 3 is 0.963 bits per heavy atom. The third-order valence-electron chi connectivity index (χ3n) is 5.50. The molecule has 0 radical (unpaired) electrons. The molecule has 0 fully saturated rings. The van der Waals surface area contributed by atoms with Crippen molar-refractivity contribution in [3.8, 4) is 17.2 Å². The van der Waals surface area contributed by atoms with E-state index in [9.17, 15) is 20.2 Å². The topological polar surface area (TPSA) is 116 Å². The summed E-state index contributed by atoms with van der Waals surface area (Å²) in [7, 11) is 0. The van der Waals surface area contributed by atoms with Crippen molar-refractivity contribution in [1.29, 1.82) is 0 Å². The van der Waals surface area contributed by atoms with Crippen LogP contribution in [0.15, 0.2) is 84.9 Å². The lowest BCUT2D eigenvalue weighted by Gasteiger charge is -2.11. The normalized spacial score (nSPS) is 7.57. The molecule has 0 saturated carbocycles. The van der Waals surface area contributed by atoms with Gasteiger partial charge >= 0.3 is 0 Å². The van der Waals surface area contributed by atoms with E-state index in [1.165, 1.54) is 12.1 Å². The van der Waals surface area contributed by atoms with Crippen molar-refractivity contribution in [3.05, 3.63) is 133 Å². The highest BCUT2D eigenvalue weighted by Gasteiger charge is 2.13. The molecule has 0 atom stereocenters. The van der Waals surface area contributed by atoms with Crippen LogP contribution in [0.25, 0.3) is 0 Å². The second-order valence-corrected chi connectivity index (χ2v) is 8.38. The first-order chi connectivity index (χ1) is 25.5. The molecule has 0 aliphatic heterocycles. The molecule has 54 heavy (non-hydrogen) atoms. The van der Waals surface area contributed by atoms with Gasteiger partial charge in [-0.2, -0.15) is 0 Å². The number of phenols is 1. The lowest BCUT2D eigenvalue weighted by atomic mass is 10.0. The Morgan fingerprint density at radius 1 is 0.463 bits per heavy atom. The van der Waals surface area contributed by atoms with E-state index in [2.05, 4.69) is 0 Å². The smallest absolute Gasteiger partial charge is 0.270 e. The Morgan fingerprint density at radius 2 is 0.722 bits per heavy atom. The molecule has 8 heteroatoms. The molecule has 0 bridgehead atoms. The summed E-state index contributed by atoms with van der Waals surface area (Å²) in [6.07, 6.45) is 0. The number of para-hydroxylation sites is 2. The van der Waals surface area contributed by atoms with Gasteiger partial charge in [-0.15, -0.1) is 0 Å². The quantitative estimate of drug-likeness (QED) is 0.164. The summed E-state index contributed by atoms with van der Waals surface area (Å²) in [6, 6.07) is 24.3. The Balaban J connectivity index is -0.0000000856. The number of nitro benzene ring substituents is 2. The number of benzene rings is 4. The summed E-state index contributed by atoms with van der Waals surface area (Å²) in [5.74, 6) is 1.71. The summed E-state index contributed by atoms with van der Waals surface area (Å²) in [4.78, 5) is 20.4. The maximum absolute atomic E-state index is 10.7. The highest BCUT2D eigenvalue weighted by atomic mass is 16.6. The van der Waals surface area contributed by atoms with Crippen LogP contribution in [0.2, 0.25) is 0 Å². The monoisotopic (exact) mass is 759 g/mol. The van der Waals surface area contributed by atoms with E-state index < -0.39 is 4.92 Å². The summed E-state index contributed by atoms with van der Waals surface area (Å²) in [5.41, 5.74) is 4.85. The largest absolute Gasteiger partial charge is 0.508 e. The molecule has 0 unspecified atom stereocenters. The first-order valence-electron chi connectivity index (χ1n) is 19.4. The van der Waals surface area contributed by atoms with Gasteiger partial charge in [0.05, 0.1) is 9.85 Å². The first kappa shape index (κ1) is 67.4. The van der Waals surface area contributed by atoms with Crippen LogP contribution in [0.3, 0.4) is 0 Å². The summed E-state index contributed by atoms with van der Waals surface area (Å²) in [5, 5.41) is 29.8. The van der Waals surface area contributed by atoms with E-state index in [0.717, 1.165) is 33.6 Å². The van der Waals surface area contributed by atoms with Gasteiger partial charge in [0.15, 0.2) is 0 Å². The first-order valence-corrected chi connectivity index (χ1v) is 19.4. The number of hydrogen-bond donors (Lipinski definition) is 1. The lowest BCUT2D eigenvalue weighted by molar-refractivity contribution is -0.385. The van der Waals surface area contributed by atoms with E-state index >= 15 is 0 Å². The van der Waals surface area contributed by atoms with Crippen LogP contribution >= 0.6 is 0 Å². The van der Waals surface area contributed by atoms with Crippen molar-refractivity contribution >= 4 is 11.4 Å². The van der Waals surface area contributed by atoms with Gasteiger partial charge in [-0.3, -0.25) is 20.2 Å². The van der Waals surface area contributed by atoms with E-state index in [1.54, 1.807) is 50.2 Å². The molecule has 4 aromatic carbocycles. The molecule has 312 valence electrons. The van der Waals surface area contributed by atoms with Crippen molar-refractivity contribution in [2.45, 2.75) is 153 Å². The Hall–Kier alpha value is -4.72. The zero-order valence-electron chi connectivity index (χ0n) is 37.5. The van der Waals surface area contributed by atoms with Gasteiger partial charge in [-0.1, -0.05) is 155 Å². The van der Waals surface area contributed by atoms with E-state index in [4.69, 9.17) is 9.84 Å². The minimum atomic E-state index is -0.397. The number of aryl methyl sites for hydroxylation is 4. The summed E-state index contributed by atoms with van der Waals surface area (Å²) < 4.78 is 5.75. The number of nitro groups is 2. The second-order valence-electron chi connectivity index (χ2n) is 8.38. The molecule has 8 nitrogen and oxygen atoms in total. The SMILES string of the molecule is C.CC.CC.CC.CC.CC.CC.CC.CC.Cc1cc([N+](=O)[O-])cc(C)c1C.Cc1cc([N+](=O)[O-])cc(C)c1Oc1ccccc1.Oc1ccccc1. The Bertz CT molecular complexity index is 1310. The van der Waals surface area contributed by atoms with Gasteiger partial charge in [0, 0.05) is 24.3 Å². The van der Waals surface area contributed by atoms with Crippen LogP contribution in [0.5, 0.6) is 17.2 Å². The van der Waals surface area contributed by atoms with Gasteiger partial charge in [0.2, 0.25) is 0 Å². The Kier molecular flexibility index (Phi) is 62.9. The molecule has 4 aromatic rings. The number of rotatable bonds is 4. The van der Waals surface area contributed by atoms with Crippen molar-refractivity contribution < 1.29 is 19.7 Å². The average molecular weight is 759 g/mol. The van der Waals surface area contributed by atoms with Crippen LogP contribution in [0.4, 0.5) is 11.4 Å². The number of phenolic OH excluding ortho intramolecular Hbond substituents is 1. The molecule has 0 amide bonds. The molecule has 0 heterocycles. The third kappa shape index (κ3) is 33.1. The number of hydrogen-bond acceptors (Lipinski definition) is 6. The standard InChI is InChI=1S/C14H13NO3.C9H11NO2.C6H6O.8C2H6.CH4/c1-10-8-12(15(16)17)9-11(2)14(10)18-13-6-4-3-5-7-13;1-6-4-9(10(11)12)5-7(2)8(6)3;7-6-4-2-1-3-5-6;8*1-2;/h3-9H,1-2H3;4-5H,1-3H3;1-5,7H;8*1-2H3;1H4.